The molecule has 2 nitrogen and oxygen atoms in total. The van der Waals surface area contributed by atoms with Crippen molar-refractivity contribution in [2.75, 3.05) is 0 Å². The van der Waals surface area contributed by atoms with Gasteiger partial charge in [-0.25, -0.2) is 0 Å². The van der Waals surface area contributed by atoms with Gasteiger partial charge in [0.2, 0.25) is 8.32 Å². The Labute approximate surface area is 113 Å². The van der Waals surface area contributed by atoms with Crippen LogP contribution in [-0.2, 0) is 0 Å². The molecule has 0 saturated carbocycles. The van der Waals surface area contributed by atoms with Crippen molar-refractivity contribution >= 4 is 8.32 Å². The van der Waals surface area contributed by atoms with Crippen molar-refractivity contribution in [1.82, 2.24) is 0 Å². The molecule has 0 bridgehead atoms. The van der Waals surface area contributed by atoms with Crippen molar-refractivity contribution in [2.45, 2.75) is 58.3 Å². The number of hydrogen-bond acceptors (Lipinski definition) is 2. The highest BCUT2D eigenvalue weighted by Gasteiger charge is 2.16. The van der Waals surface area contributed by atoms with E-state index in [1.807, 2.05) is 12.1 Å². The third kappa shape index (κ3) is 5.69. The predicted molar refractivity (Wildman–Crippen MR) is 81.5 cm³/mol. The van der Waals surface area contributed by atoms with Crippen molar-refractivity contribution in [3.8, 4) is 5.75 Å². The van der Waals surface area contributed by atoms with Gasteiger partial charge < -0.3 is 10.2 Å². The zero-order valence-corrected chi connectivity index (χ0v) is 13.2. The Hall–Kier alpha value is -0.803. The van der Waals surface area contributed by atoms with Gasteiger partial charge >= 0.3 is 0 Å². The van der Waals surface area contributed by atoms with E-state index in [-0.39, 0.29) is 6.04 Å². The highest BCUT2D eigenvalue weighted by atomic mass is 28.4. The van der Waals surface area contributed by atoms with E-state index in [2.05, 4.69) is 38.7 Å². The molecule has 0 aliphatic rings. The van der Waals surface area contributed by atoms with Crippen LogP contribution in [0.15, 0.2) is 24.3 Å². The smallest absolute Gasteiger partial charge is 0.242 e. The molecule has 0 unspecified atom stereocenters. The number of nitrogens with two attached hydrogens (primary N) is 1. The molecule has 0 spiro atoms. The van der Waals surface area contributed by atoms with Crippen LogP contribution in [0.5, 0.6) is 5.75 Å². The maximum atomic E-state index is 6.18. The Balaban J connectivity index is 2.54. The van der Waals surface area contributed by atoms with Crippen molar-refractivity contribution < 1.29 is 4.43 Å². The van der Waals surface area contributed by atoms with Gasteiger partial charge in [-0.05, 0) is 43.8 Å². The molecule has 0 saturated heterocycles. The van der Waals surface area contributed by atoms with Crippen LogP contribution in [-0.4, -0.2) is 8.32 Å². The molecule has 18 heavy (non-hydrogen) atoms. The Morgan fingerprint density at radius 1 is 1.11 bits per heavy atom. The normalized spacial score (nSPS) is 13.4. The van der Waals surface area contributed by atoms with Gasteiger partial charge in [-0.1, -0.05) is 38.3 Å². The third-order valence-corrected chi connectivity index (χ3v) is 3.70. The zero-order valence-electron chi connectivity index (χ0n) is 12.2. The van der Waals surface area contributed by atoms with Gasteiger partial charge in [-0.15, -0.1) is 0 Å². The Bertz CT molecular complexity index is 343. The first-order chi connectivity index (χ1) is 8.42. The molecule has 1 rings (SSSR count). The monoisotopic (exact) mass is 265 g/mol. The summed E-state index contributed by atoms with van der Waals surface area (Å²) in [5.41, 5.74) is 7.40. The van der Waals surface area contributed by atoms with Gasteiger partial charge in [-0.2, -0.15) is 0 Å². The molecule has 0 amide bonds. The number of rotatable bonds is 7. The van der Waals surface area contributed by atoms with Crippen LogP contribution in [0.1, 0.15) is 44.2 Å². The first-order valence-corrected chi connectivity index (χ1v) is 10.4. The van der Waals surface area contributed by atoms with Crippen molar-refractivity contribution in [3.63, 3.8) is 0 Å². The second-order valence-electron chi connectivity index (χ2n) is 5.89. The fraction of sp³-hybridized carbons (Fsp3) is 0.600. The second-order valence-corrected chi connectivity index (χ2v) is 10.3. The summed E-state index contributed by atoms with van der Waals surface area (Å²) in [6.07, 6.45) is 4.80. The number of hydrogen-bond donors (Lipinski definition) is 1. The summed E-state index contributed by atoms with van der Waals surface area (Å²) < 4.78 is 5.93. The molecule has 2 N–H and O–H groups in total. The summed E-state index contributed by atoms with van der Waals surface area (Å²) in [5, 5.41) is 0. The van der Waals surface area contributed by atoms with Crippen LogP contribution in [0.2, 0.25) is 19.6 Å². The van der Waals surface area contributed by atoms with Crippen molar-refractivity contribution in [2.24, 2.45) is 5.73 Å². The van der Waals surface area contributed by atoms with E-state index in [1.165, 1.54) is 24.8 Å². The maximum absolute atomic E-state index is 6.18. The average Bonchev–Trinajstić information content (AvgIpc) is 2.28. The number of benzene rings is 1. The Kier molecular flexibility index (Phi) is 5.89. The first kappa shape index (κ1) is 15.3. The van der Waals surface area contributed by atoms with E-state index in [9.17, 15) is 0 Å². The van der Waals surface area contributed by atoms with Crippen LogP contribution in [0, 0.1) is 0 Å². The molecule has 1 aromatic carbocycles. The highest BCUT2D eigenvalue weighted by Crippen LogP contribution is 2.22. The molecule has 1 aromatic rings. The molecule has 0 radical (unpaired) electrons. The van der Waals surface area contributed by atoms with Gasteiger partial charge in [0, 0.05) is 6.04 Å². The molecule has 0 aliphatic heterocycles. The minimum Gasteiger partial charge on any atom is -0.544 e. The van der Waals surface area contributed by atoms with E-state index in [1.54, 1.807) is 0 Å². The standard InChI is InChI=1S/C15H27NOSi/c1-5-6-7-8-15(16)13-9-11-14(12-10-13)17-18(2,3)4/h9-12,15H,5-8,16H2,1-4H3/t15-/m1/s1. The molecule has 0 heterocycles. The van der Waals surface area contributed by atoms with E-state index in [4.69, 9.17) is 10.2 Å². The summed E-state index contributed by atoms with van der Waals surface area (Å²) in [7, 11) is -1.50. The zero-order chi connectivity index (χ0) is 13.6. The first-order valence-electron chi connectivity index (χ1n) is 6.97. The van der Waals surface area contributed by atoms with Gasteiger partial charge in [0.05, 0.1) is 0 Å². The molecule has 0 fully saturated rings. The number of unbranched alkanes of at least 4 members (excludes halogenated alkanes) is 2. The molecule has 3 heteroatoms. The fourth-order valence-corrected chi connectivity index (χ4v) is 2.76. The summed E-state index contributed by atoms with van der Waals surface area (Å²) in [5.74, 6) is 0.971. The summed E-state index contributed by atoms with van der Waals surface area (Å²) in [6.45, 7) is 8.79. The van der Waals surface area contributed by atoms with Gasteiger partial charge in [0.25, 0.3) is 0 Å². The highest BCUT2D eigenvalue weighted by molar-refractivity contribution is 6.70. The van der Waals surface area contributed by atoms with E-state index >= 15 is 0 Å². The molecule has 1 atom stereocenters. The predicted octanol–water partition coefficient (Wildman–Crippen LogP) is 4.48. The minimum absolute atomic E-state index is 0.164. The minimum atomic E-state index is -1.50. The van der Waals surface area contributed by atoms with Gasteiger partial charge in [0.1, 0.15) is 5.75 Å². The molecule has 102 valence electrons. The van der Waals surface area contributed by atoms with Crippen LogP contribution >= 0.6 is 0 Å². The summed E-state index contributed by atoms with van der Waals surface area (Å²) in [6, 6.07) is 8.47. The Morgan fingerprint density at radius 3 is 2.22 bits per heavy atom. The molecular formula is C15H27NOSi. The average molecular weight is 265 g/mol. The quantitative estimate of drug-likeness (QED) is 0.583. The largest absolute Gasteiger partial charge is 0.544 e. The van der Waals surface area contributed by atoms with Crippen molar-refractivity contribution in [3.05, 3.63) is 29.8 Å². The maximum Gasteiger partial charge on any atom is 0.242 e. The second kappa shape index (κ2) is 6.95. The molecular weight excluding hydrogens is 238 g/mol. The van der Waals surface area contributed by atoms with Crippen LogP contribution in [0.4, 0.5) is 0 Å². The van der Waals surface area contributed by atoms with E-state index < -0.39 is 8.32 Å². The van der Waals surface area contributed by atoms with Crippen LogP contribution < -0.4 is 10.2 Å². The lowest BCUT2D eigenvalue weighted by Gasteiger charge is -2.20. The lowest BCUT2D eigenvalue weighted by molar-refractivity contribution is 0.554. The Morgan fingerprint density at radius 2 is 1.72 bits per heavy atom. The van der Waals surface area contributed by atoms with Gasteiger partial charge in [-0.3, -0.25) is 0 Å². The summed E-state index contributed by atoms with van der Waals surface area (Å²) >= 11 is 0. The lowest BCUT2D eigenvalue weighted by atomic mass is 10.0. The molecule has 0 aromatic heterocycles. The van der Waals surface area contributed by atoms with E-state index in [0.717, 1.165) is 12.2 Å². The third-order valence-electron chi connectivity index (χ3n) is 2.85. The topological polar surface area (TPSA) is 35.2 Å². The van der Waals surface area contributed by atoms with Crippen molar-refractivity contribution in [1.29, 1.82) is 0 Å². The fourth-order valence-electron chi connectivity index (χ4n) is 1.92. The van der Waals surface area contributed by atoms with Crippen LogP contribution in [0.3, 0.4) is 0 Å². The van der Waals surface area contributed by atoms with Crippen LogP contribution in [0.25, 0.3) is 0 Å². The SMILES string of the molecule is CCCCC[C@@H](N)c1ccc(O[Si](C)(C)C)cc1. The summed E-state index contributed by atoms with van der Waals surface area (Å²) in [4.78, 5) is 0. The van der Waals surface area contributed by atoms with Gasteiger partial charge in [0.15, 0.2) is 0 Å². The van der Waals surface area contributed by atoms with E-state index in [0.29, 0.717) is 0 Å². The molecule has 0 aliphatic carbocycles. The lowest BCUT2D eigenvalue weighted by Crippen LogP contribution is -2.29.